The van der Waals surface area contributed by atoms with E-state index in [0.29, 0.717) is 13.1 Å². The van der Waals surface area contributed by atoms with Crippen LogP contribution in [-0.4, -0.2) is 0 Å². The Balaban J connectivity index is 2.64. The van der Waals surface area contributed by atoms with Crippen molar-refractivity contribution in [1.29, 1.82) is 0 Å². The van der Waals surface area contributed by atoms with E-state index in [1.165, 1.54) is 44.5 Å². The third-order valence-corrected chi connectivity index (χ3v) is 4.53. The third-order valence-electron chi connectivity index (χ3n) is 4.53. The van der Waals surface area contributed by atoms with Crippen LogP contribution in [0.15, 0.2) is 24.3 Å². The molecule has 2 rings (SSSR count). The van der Waals surface area contributed by atoms with Crippen LogP contribution in [0, 0.1) is 27.7 Å². The van der Waals surface area contributed by atoms with Crippen LogP contribution < -0.4 is 11.5 Å². The number of nitrogens with two attached hydrogens (primary N) is 2. The lowest BCUT2D eigenvalue weighted by atomic mass is 9.88. The maximum absolute atomic E-state index is 5.79. The summed E-state index contributed by atoms with van der Waals surface area (Å²) in [6.07, 6.45) is 0. The van der Waals surface area contributed by atoms with Gasteiger partial charge in [-0.2, -0.15) is 0 Å². The van der Waals surface area contributed by atoms with Crippen LogP contribution in [0.3, 0.4) is 0 Å². The predicted molar refractivity (Wildman–Crippen MR) is 86.6 cm³/mol. The largest absolute Gasteiger partial charge is 0.326 e. The molecule has 0 saturated heterocycles. The monoisotopic (exact) mass is 268 g/mol. The standard InChI is InChI=1S/C18H24N2/c1-11-13(3)17(7-5-15(11)9-19)18-8-6-16(10-20)12(2)14(18)4/h5-8H,9-10,19-20H2,1-4H3. The summed E-state index contributed by atoms with van der Waals surface area (Å²) < 4.78 is 0. The van der Waals surface area contributed by atoms with Crippen molar-refractivity contribution in [3.05, 3.63) is 57.6 Å². The molecule has 2 heteroatoms. The van der Waals surface area contributed by atoms with Crippen molar-refractivity contribution in [2.45, 2.75) is 40.8 Å². The average Bonchev–Trinajstić information content (AvgIpc) is 2.45. The fourth-order valence-corrected chi connectivity index (χ4v) is 2.78. The van der Waals surface area contributed by atoms with Gasteiger partial charge in [-0.1, -0.05) is 24.3 Å². The molecule has 2 aromatic carbocycles. The highest BCUT2D eigenvalue weighted by Crippen LogP contribution is 2.32. The van der Waals surface area contributed by atoms with Crippen molar-refractivity contribution < 1.29 is 0 Å². The molecule has 0 bridgehead atoms. The summed E-state index contributed by atoms with van der Waals surface area (Å²) in [7, 11) is 0. The van der Waals surface area contributed by atoms with Gasteiger partial charge < -0.3 is 11.5 Å². The van der Waals surface area contributed by atoms with Gasteiger partial charge in [-0.3, -0.25) is 0 Å². The first-order valence-electron chi connectivity index (χ1n) is 7.09. The second-order valence-corrected chi connectivity index (χ2v) is 5.45. The molecule has 2 nitrogen and oxygen atoms in total. The Hall–Kier alpha value is -1.64. The molecule has 0 saturated carbocycles. The van der Waals surface area contributed by atoms with E-state index in [-0.39, 0.29) is 0 Å². The van der Waals surface area contributed by atoms with Gasteiger partial charge in [-0.05, 0) is 72.2 Å². The zero-order valence-corrected chi connectivity index (χ0v) is 12.9. The Morgan fingerprint density at radius 1 is 0.600 bits per heavy atom. The van der Waals surface area contributed by atoms with Crippen LogP contribution in [0.4, 0.5) is 0 Å². The summed E-state index contributed by atoms with van der Waals surface area (Å²) >= 11 is 0. The molecule has 0 spiro atoms. The average molecular weight is 268 g/mol. The zero-order chi connectivity index (χ0) is 14.9. The van der Waals surface area contributed by atoms with Gasteiger partial charge in [0.2, 0.25) is 0 Å². The maximum atomic E-state index is 5.79. The fourth-order valence-electron chi connectivity index (χ4n) is 2.78. The van der Waals surface area contributed by atoms with Gasteiger partial charge in [0.15, 0.2) is 0 Å². The second-order valence-electron chi connectivity index (χ2n) is 5.45. The molecule has 0 radical (unpaired) electrons. The van der Waals surface area contributed by atoms with E-state index in [2.05, 4.69) is 52.0 Å². The Morgan fingerprint density at radius 2 is 0.950 bits per heavy atom. The molecule has 2 aromatic rings. The molecular weight excluding hydrogens is 244 g/mol. The van der Waals surface area contributed by atoms with Crippen LogP contribution in [0.25, 0.3) is 11.1 Å². The molecule has 0 fully saturated rings. The topological polar surface area (TPSA) is 52.0 Å². The van der Waals surface area contributed by atoms with Crippen LogP contribution >= 0.6 is 0 Å². The summed E-state index contributed by atoms with van der Waals surface area (Å²) in [5.41, 5.74) is 21.8. The van der Waals surface area contributed by atoms with E-state index in [4.69, 9.17) is 11.5 Å². The molecule has 0 atom stereocenters. The number of benzene rings is 2. The molecule has 0 aliphatic heterocycles. The van der Waals surface area contributed by atoms with Gasteiger partial charge >= 0.3 is 0 Å². The SMILES string of the molecule is Cc1c(CN)ccc(-c2ccc(CN)c(C)c2C)c1C. The van der Waals surface area contributed by atoms with Gasteiger partial charge in [0.25, 0.3) is 0 Å². The smallest absolute Gasteiger partial charge is 0.0180 e. The molecule has 0 unspecified atom stereocenters. The highest BCUT2D eigenvalue weighted by atomic mass is 14.5. The Bertz CT molecular complexity index is 585. The van der Waals surface area contributed by atoms with Crippen molar-refractivity contribution >= 4 is 0 Å². The highest BCUT2D eigenvalue weighted by Gasteiger charge is 2.11. The van der Waals surface area contributed by atoms with E-state index in [1.54, 1.807) is 0 Å². The van der Waals surface area contributed by atoms with Gasteiger partial charge in [0, 0.05) is 13.1 Å². The van der Waals surface area contributed by atoms with E-state index >= 15 is 0 Å². The predicted octanol–water partition coefficient (Wildman–Crippen LogP) is 3.50. The summed E-state index contributed by atoms with van der Waals surface area (Å²) in [5.74, 6) is 0. The molecule has 0 aliphatic carbocycles. The van der Waals surface area contributed by atoms with E-state index < -0.39 is 0 Å². The lowest BCUT2D eigenvalue weighted by molar-refractivity contribution is 1.04. The lowest BCUT2D eigenvalue weighted by Crippen LogP contribution is -2.04. The molecular formula is C18H24N2. The van der Waals surface area contributed by atoms with Crippen LogP contribution in [0.2, 0.25) is 0 Å². The number of hydrogen-bond donors (Lipinski definition) is 2. The molecule has 106 valence electrons. The molecule has 20 heavy (non-hydrogen) atoms. The summed E-state index contributed by atoms with van der Waals surface area (Å²) in [6.45, 7) is 9.84. The summed E-state index contributed by atoms with van der Waals surface area (Å²) in [6, 6.07) is 8.66. The quantitative estimate of drug-likeness (QED) is 0.895. The Labute approximate surface area is 121 Å². The minimum Gasteiger partial charge on any atom is -0.326 e. The van der Waals surface area contributed by atoms with Crippen molar-refractivity contribution in [1.82, 2.24) is 0 Å². The van der Waals surface area contributed by atoms with E-state index in [0.717, 1.165) is 0 Å². The van der Waals surface area contributed by atoms with Crippen LogP contribution in [0.5, 0.6) is 0 Å². The maximum Gasteiger partial charge on any atom is 0.0180 e. The first-order chi connectivity index (χ1) is 9.51. The highest BCUT2D eigenvalue weighted by molar-refractivity contribution is 5.73. The molecule has 0 aliphatic rings. The first-order valence-corrected chi connectivity index (χ1v) is 7.09. The van der Waals surface area contributed by atoms with Gasteiger partial charge in [0.1, 0.15) is 0 Å². The molecule has 0 amide bonds. The van der Waals surface area contributed by atoms with Gasteiger partial charge in [-0.15, -0.1) is 0 Å². The van der Waals surface area contributed by atoms with Crippen LogP contribution in [0.1, 0.15) is 33.4 Å². The summed E-state index contributed by atoms with van der Waals surface area (Å²) in [5, 5.41) is 0. The summed E-state index contributed by atoms with van der Waals surface area (Å²) in [4.78, 5) is 0. The van der Waals surface area contributed by atoms with Gasteiger partial charge in [-0.25, -0.2) is 0 Å². The Morgan fingerprint density at radius 3 is 1.25 bits per heavy atom. The van der Waals surface area contributed by atoms with Crippen molar-refractivity contribution in [3.63, 3.8) is 0 Å². The zero-order valence-electron chi connectivity index (χ0n) is 12.9. The molecule has 4 N–H and O–H groups in total. The Kier molecular flexibility index (Phi) is 4.26. The fraction of sp³-hybridized carbons (Fsp3) is 0.333. The lowest BCUT2D eigenvalue weighted by Gasteiger charge is -2.17. The van der Waals surface area contributed by atoms with Crippen molar-refractivity contribution in [2.24, 2.45) is 11.5 Å². The number of rotatable bonds is 3. The van der Waals surface area contributed by atoms with E-state index in [1.807, 2.05) is 0 Å². The second kappa shape index (κ2) is 5.78. The minimum absolute atomic E-state index is 0.594. The van der Waals surface area contributed by atoms with E-state index in [9.17, 15) is 0 Å². The first kappa shape index (κ1) is 14.8. The minimum atomic E-state index is 0.594. The number of hydrogen-bond acceptors (Lipinski definition) is 2. The molecule has 0 heterocycles. The molecule has 0 aromatic heterocycles. The third kappa shape index (κ3) is 2.37. The van der Waals surface area contributed by atoms with Gasteiger partial charge in [0.05, 0.1) is 0 Å². The van der Waals surface area contributed by atoms with Crippen molar-refractivity contribution in [3.8, 4) is 11.1 Å². The normalized spacial score (nSPS) is 10.9. The van der Waals surface area contributed by atoms with Crippen molar-refractivity contribution in [2.75, 3.05) is 0 Å². The van der Waals surface area contributed by atoms with Crippen LogP contribution in [-0.2, 0) is 13.1 Å².